The predicted molar refractivity (Wildman–Crippen MR) is 88.8 cm³/mol. The summed E-state index contributed by atoms with van der Waals surface area (Å²) in [6.45, 7) is -2.57. The lowest BCUT2D eigenvalue weighted by molar-refractivity contribution is -0.0498. The van der Waals surface area contributed by atoms with Crippen molar-refractivity contribution in [2.45, 2.75) is 13.2 Å². The van der Waals surface area contributed by atoms with E-state index < -0.39 is 12.5 Å². The van der Waals surface area contributed by atoms with Crippen LogP contribution in [-0.4, -0.2) is 22.3 Å². The maximum absolute atomic E-state index is 13.2. The van der Waals surface area contributed by atoms with Crippen LogP contribution < -0.4 is 10.1 Å². The molecule has 8 heteroatoms. The van der Waals surface area contributed by atoms with E-state index in [2.05, 4.69) is 15.2 Å². The van der Waals surface area contributed by atoms with E-state index in [1.54, 1.807) is 29.1 Å². The molecule has 26 heavy (non-hydrogen) atoms. The maximum atomic E-state index is 13.2. The van der Waals surface area contributed by atoms with Crippen LogP contribution in [0, 0.1) is 5.82 Å². The Bertz CT molecular complexity index is 895. The van der Waals surface area contributed by atoms with Gasteiger partial charge in [-0.2, -0.15) is 13.9 Å². The van der Waals surface area contributed by atoms with E-state index in [4.69, 9.17) is 0 Å². The molecule has 0 aliphatic heterocycles. The summed E-state index contributed by atoms with van der Waals surface area (Å²) in [7, 11) is 0. The highest BCUT2D eigenvalue weighted by Gasteiger charge is 2.10. The number of hydrogen-bond acceptors (Lipinski definition) is 3. The number of amides is 1. The molecule has 1 aromatic heterocycles. The van der Waals surface area contributed by atoms with Crippen LogP contribution in [0.5, 0.6) is 5.75 Å². The first kappa shape index (κ1) is 17.5. The van der Waals surface area contributed by atoms with E-state index >= 15 is 0 Å². The smallest absolute Gasteiger partial charge is 0.387 e. The van der Waals surface area contributed by atoms with E-state index in [0.717, 1.165) is 5.56 Å². The van der Waals surface area contributed by atoms with Crippen LogP contribution in [-0.2, 0) is 6.54 Å². The molecule has 0 aliphatic rings. The van der Waals surface area contributed by atoms with Gasteiger partial charge in [0.15, 0.2) is 5.82 Å². The van der Waals surface area contributed by atoms with Crippen molar-refractivity contribution in [3.63, 3.8) is 0 Å². The van der Waals surface area contributed by atoms with E-state index in [1.165, 1.54) is 36.4 Å². The van der Waals surface area contributed by atoms with E-state index in [1.807, 2.05) is 0 Å². The summed E-state index contributed by atoms with van der Waals surface area (Å²) in [5.74, 6) is -0.484. The quantitative estimate of drug-likeness (QED) is 0.724. The molecule has 3 aromatic rings. The van der Waals surface area contributed by atoms with Crippen molar-refractivity contribution in [3.8, 4) is 5.75 Å². The fraction of sp³-hybridized carbons (Fsp3) is 0.111. The maximum Gasteiger partial charge on any atom is 0.387 e. The van der Waals surface area contributed by atoms with Crippen LogP contribution in [0.3, 0.4) is 0 Å². The molecule has 0 fully saturated rings. The Labute approximate surface area is 147 Å². The number of nitrogens with zero attached hydrogens (tertiary/aromatic N) is 2. The molecule has 5 nitrogen and oxygen atoms in total. The van der Waals surface area contributed by atoms with Crippen molar-refractivity contribution < 1.29 is 22.7 Å². The highest BCUT2D eigenvalue weighted by Crippen LogP contribution is 2.16. The lowest BCUT2D eigenvalue weighted by Crippen LogP contribution is -2.13. The highest BCUT2D eigenvalue weighted by atomic mass is 19.3. The lowest BCUT2D eigenvalue weighted by atomic mass is 10.2. The average molecular weight is 361 g/mol. The molecule has 0 bridgehead atoms. The Morgan fingerprint density at radius 2 is 1.92 bits per heavy atom. The first-order chi connectivity index (χ1) is 12.5. The summed E-state index contributed by atoms with van der Waals surface area (Å²) in [6.07, 6.45) is 1.65. The van der Waals surface area contributed by atoms with Crippen molar-refractivity contribution in [1.82, 2.24) is 9.78 Å². The zero-order valence-electron chi connectivity index (χ0n) is 13.4. The van der Waals surface area contributed by atoms with Crippen LogP contribution in [0.2, 0.25) is 0 Å². The molecular formula is C18H14F3N3O2. The average Bonchev–Trinajstić information content (AvgIpc) is 3.02. The standard InChI is InChI=1S/C18H14F3N3O2/c19-14-3-1-2-12(10-14)11-24-9-8-16(23-24)22-17(25)13-4-6-15(7-5-13)26-18(20)21/h1-10,18H,11H2,(H,22,23,25). The van der Waals surface area contributed by atoms with Gasteiger partial charge in [-0.15, -0.1) is 0 Å². The van der Waals surface area contributed by atoms with E-state index in [-0.39, 0.29) is 17.1 Å². The zero-order valence-corrected chi connectivity index (χ0v) is 13.4. The van der Waals surface area contributed by atoms with Crippen molar-refractivity contribution in [1.29, 1.82) is 0 Å². The molecule has 0 atom stereocenters. The summed E-state index contributed by atoms with van der Waals surface area (Å²) >= 11 is 0. The number of carbonyl (C=O) groups excluding carboxylic acids is 1. The van der Waals surface area contributed by atoms with Crippen LogP contribution in [0.4, 0.5) is 19.0 Å². The topological polar surface area (TPSA) is 56.2 Å². The largest absolute Gasteiger partial charge is 0.435 e. The minimum absolute atomic E-state index is 0.0316. The monoisotopic (exact) mass is 361 g/mol. The molecule has 3 rings (SSSR count). The molecule has 1 N–H and O–H groups in total. The summed E-state index contributed by atoms with van der Waals surface area (Å²) in [5.41, 5.74) is 1.01. The van der Waals surface area contributed by atoms with Gasteiger partial charge in [-0.3, -0.25) is 9.48 Å². The normalized spacial score (nSPS) is 10.8. The molecule has 1 amide bonds. The first-order valence-electron chi connectivity index (χ1n) is 7.64. The van der Waals surface area contributed by atoms with E-state index in [9.17, 15) is 18.0 Å². The molecule has 134 valence electrons. The molecular weight excluding hydrogens is 347 g/mol. The van der Waals surface area contributed by atoms with Crippen LogP contribution in [0.15, 0.2) is 60.8 Å². The van der Waals surface area contributed by atoms with Crippen LogP contribution >= 0.6 is 0 Å². The van der Waals surface area contributed by atoms with Crippen molar-refractivity contribution in [2.75, 3.05) is 5.32 Å². The number of aromatic nitrogens is 2. The van der Waals surface area contributed by atoms with Gasteiger partial charge in [-0.05, 0) is 42.0 Å². The summed E-state index contributed by atoms with van der Waals surface area (Å²) in [4.78, 5) is 12.2. The Hall–Kier alpha value is -3.29. The van der Waals surface area contributed by atoms with Gasteiger partial charge in [-0.1, -0.05) is 12.1 Å². The molecule has 1 heterocycles. The fourth-order valence-corrected chi connectivity index (χ4v) is 2.32. The molecule has 0 spiro atoms. The molecule has 2 aromatic carbocycles. The van der Waals surface area contributed by atoms with Gasteiger partial charge in [0.25, 0.3) is 5.91 Å². The third-order valence-electron chi connectivity index (χ3n) is 3.46. The number of nitrogens with one attached hydrogen (secondary N) is 1. The van der Waals surface area contributed by atoms with Gasteiger partial charge in [-0.25, -0.2) is 4.39 Å². The van der Waals surface area contributed by atoms with Gasteiger partial charge < -0.3 is 10.1 Å². The third-order valence-corrected chi connectivity index (χ3v) is 3.46. The highest BCUT2D eigenvalue weighted by molar-refractivity contribution is 6.03. The number of carbonyl (C=O) groups is 1. The number of hydrogen-bond donors (Lipinski definition) is 1. The molecule has 0 saturated carbocycles. The second-order valence-electron chi connectivity index (χ2n) is 5.39. The Balaban J connectivity index is 1.62. The summed E-state index contributed by atoms with van der Waals surface area (Å²) in [6, 6.07) is 13.1. The molecule has 0 aliphatic carbocycles. The zero-order chi connectivity index (χ0) is 18.5. The molecule has 0 unspecified atom stereocenters. The number of anilines is 1. The van der Waals surface area contributed by atoms with Crippen LogP contribution in [0.25, 0.3) is 0 Å². The predicted octanol–water partition coefficient (Wildman–Crippen LogP) is 3.92. The number of halogens is 3. The van der Waals surface area contributed by atoms with Gasteiger partial charge >= 0.3 is 6.61 Å². The fourth-order valence-electron chi connectivity index (χ4n) is 2.32. The number of rotatable bonds is 6. The molecule has 0 radical (unpaired) electrons. The summed E-state index contributed by atoms with van der Waals surface area (Å²) in [5, 5.41) is 6.80. The Morgan fingerprint density at radius 3 is 2.62 bits per heavy atom. The minimum Gasteiger partial charge on any atom is -0.435 e. The SMILES string of the molecule is O=C(Nc1ccn(Cc2cccc(F)c2)n1)c1ccc(OC(F)F)cc1. The Morgan fingerprint density at radius 1 is 1.15 bits per heavy atom. The second kappa shape index (κ2) is 7.73. The third kappa shape index (κ3) is 4.62. The first-order valence-corrected chi connectivity index (χ1v) is 7.64. The Kier molecular flexibility index (Phi) is 5.21. The van der Waals surface area contributed by atoms with Crippen molar-refractivity contribution >= 4 is 11.7 Å². The minimum atomic E-state index is -2.92. The van der Waals surface area contributed by atoms with Gasteiger partial charge in [0, 0.05) is 17.8 Å². The lowest BCUT2D eigenvalue weighted by Gasteiger charge is -2.06. The van der Waals surface area contributed by atoms with Gasteiger partial charge in [0.2, 0.25) is 0 Å². The number of ether oxygens (including phenoxy) is 1. The van der Waals surface area contributed by atoms with E-state index in [0.29, 0.717) is 12.4 Å². The second-order valence-corrected chi connectivity index (χ2v) is 5.39. The van der Waals surface area contributed by atoms with Gasteiger partial charge in [0.05, 0.1) is 6.54 Å². The summed E-state index contributed by atoms with van der Waals surface area (Å²) < 4.78 is 43.2. The van der Waals surface area contributed by atoms with Crippen LogP contribution in [0.1, 0.15) is 15.9 Å². The molecule has 0 saturated heterocycles. The van der Waals surface area contributed by atoms with Gasteiger partial charge in [0.1, 0.15) is 11.6 Å². The van der Waals surface area contributed by atoms with Crippen molar-refractivity contribution in [2.24, 2.45) is 0 Å². The van der Waals surface area contributed by atoms with Crippen molar-refractivity contribution in [3.05, 3.63) is 77.7 Å². The number of benzene rings is 2. The number of alkyl halides is 2.